The van der Waals surface area contributed by atoms with Crippen LogP contribution in [-0.2, 0) is 11.4 Å². The SMILES string of the molecule is CCCCN1C(=O)S/C(=C\c2ccccc2OCc2ccccc2F)C1=O. The van der Waals surface area contributed by atoms with Crippen LogP contribution in [-0.4, -0.2) is 22.6 Å². The van der Waals surface area contributed by atoms with E-state index in [0.29, 0.717) is 28.3 Å². The van der Waals surface area contributed by atoms with Crippen LogP contribution in [0.5, 0.6) is 5.75 Å². The lowest BCUT2D eigenvalue weighted by Gasteiger charge is -2.11. The lowest BCUT2D eigenvalue weighted by atomic mass is 10.1. The van der Waals surface area contributed by atoms with Crippen molar-refractivity contribution in [2.45, 2.75) is 26.4 Å². The Morgan fingerprint density at radius 2 is 1.85 bits per heavy atom. The molecule has 0 aliphatic carbocycles. The number of ether oxygens (including phenoxy) is 1. The molecule has 0 atom stereocenters. The minimum atomic E-state index is -0.327. The molecule has 3 rings (SSSR count). The number of thioether (sulfide) groups is 1. The first-order valence-corrected chi connectivity index (χ1v) is 9.62. The summed E-state index contributed by atoms with van der Waals surface area (Å²) in [7, 11) is 0. The maximum Gasteiger partial charge on any atom is 0.293 e. The van der Waals surface area contributed by atoms with E-state index < -0.39 is 0 Å². The van der Waals surface area contributed by atoms with Crippen molar-refractivity contribution < 1.29 is 18.7 Å². The average Bonchev–Trinajstić information content (AvgIpc) is 2.93. The van der Waals surface area contributed by atoms with Crippen molar-refractivity contribution >= 4 is 29.0 Å². The van der Waals surface area contributed by atoms with E-state index in [1.807, 2.05) is 13.0 Å². The van der Waals surface area contributed by atoms with Gasteiger partial charge in [-0.15, -0.1) is 0 Å². The maximum atomic E-state index is 13.8. The van der Waals surface area contributed by atoms with Gasteiger partial charge in [0.15, 0.2) is 0 Å². The number of para-hydroxylation sites is 1. The zero-order valence-electron chi connectivity index (χ0n) is 15.0. The van der Waals surface area contributed by atoms with Gasteiger partial charge in [-0.2, -0.15) is 0 Å². The van der Waals surface area contributed by atoms with Crippen molar-refractivity contribution in [1.29, 1.82) is 0 Å². The molecular weight excluding hydrogens is 365 g/mol. The van der Waals surface area contributed by atoms with Gasteiger partial charge in [-0.1, -0.05) is 49.7 Å². The van der Waals surface area contributed by atoms with Gasteiger partial charge in [0.1, 0.15) is 18.2 Å². The molecule has 1 fully saturated rings. The van der Waals surface area contributed by atoms with Crippen molar-refractivity contribution in [3.05, 3.63) is 70.4 Å². The van der Waals surface area contributed by atoms with Gasteiger partial charge < -0.3 is 4.74 Å². The number of halogens is 1. The summed E-state index contributed by atoms with van der Waals surface area (Å²) in [6.45, 7) is 2.53. The molecule has 1 heterocycles. The molecule has 6 heteroatoms. The molecule has 2 aromatic carbocycles. The van der Waals surface area contributed by atoms with Crippen LogP contribution >= 0.6 is 11.8 Å². The number of nitrogens with zero attached hydrogens (tertiary/aromatic N) is 1. The largest absolute Gasteiger partial charge is 0.488 e. The number of hydrogen-bond donors (Lipinski definition) is 0. The summed E-state index contributed by atoms with van der Waals surface area (Å²) in [5.74, 6) is -0.0736. The van der Waals surface area contributed by atoms with E-state index in [0.717, 1.165) is 24.6 Å². The Balaban J connectivity index is 1.78. The molecular formula is C21H20FNO3S. The molecule has 0 aromatic heterocycles. The highest BCUT2D eigenvalue weighted by Crippen LogP contribution is 2.34. The molecule has 0 saturated carbocycles. The molecule has 2 aromatic rings. The van der Waals surface area contributed by atoms with Gasteiger partial charge in [-0.05, 0) is 36.4 Å². The fraction of sp³-hybridized carbons (Fsp3) is 0.238. The number of carbonyl (C=O) groups excluding carboxylic acids is 2. The molecule has 140 valence electrons. The number of imide groups is 1. The minimum Gasteiger partial charge on any atom is -0.488 e. The Morgan fingerprint density at radius 3 is 2.63 bits per heavy atom. The van der Waals surface area contributed by atoms with Gasteiger partial charge >= 0.3 is 0 Å². The van der Waals surface area contributed by atoms with Crippen LogP contribution in [0.3, 0.4) is 0 Å². The van der Waals surface area contributed by atoms with Gasteiger partial charge in [0, 0.05) is 17.7 Å². The van der Waals surface area contributed by atoms with E-state index in [4.69, 9.17) is 4.74 Å². The number of hydrogen-bond acceptors (Lipinski definition) is 4. The Bertz CT molecular complexity index is 881. The standard InChI is InChI=1S/C21H20FNO3S/c1-2-3-12-23-20(24)19(27-21(23)25)13-15-8-5-7-11-18(15)26-14-16-9-4-6-10-17(16)22/h4-11,13H,2-3,12,14H2,1H3/b19-13-. The van der Waals surface area contributed by atoms with Gasteiger partial charge in [0.2, 0.25) is 0 Å². The summed E-state index contributed by atoms with van der Waals surface area (Å²) < 4.78 is 19.5. The molecule has 0 spiro atoms. The van der Waals surface area contributed by atoms with E-state index in [2.05, 4.69) is 0 Å². The molecule has 1 saturated heterocycles. The fourth-order valence-corrected chi connectivity index (χ4v) is 3.51. The third-order valence-corrected chi connectivity index (χ3v) is 5.06. The third-order valence-electron chi connectivity index (χ3n) is 4.16. The normalized spacial score (nSPS) is 15.6. The highest BCUT2D eigenvalue weighted by Gasteiger charge is 2.34. The molecule has 2 amide bonds. The average molecular weight is 385 g/mol. The van der Waals surface area contributed by atoms with Crippen LogP contribution in [0, 0.1) is 5.82 Å². The number of unbranched alkanes of at least 4 members (excludes halogenated alkanes) is 1. The highest BCUT2D eigenvalue weighted by atomic mass is 32.2. The van der Waals surface area contributed by atoms with Crippen LogP contribution in [0.2, 0.25) is 0 Å². The quantitative estimate of drug-likeness (QED) is 0.612. The van der Waals surface area contributed by atoms with Crippen molar-refractivity contribution in [3.63, 3.8) is 0 Å². The number of amides is 2. The summed E-state index contributed by atoms with van der Waals surface area (Å²) in [6.07, 6.45) is 3.36. The zero-order valence-corrected chi connectivity index (χ0v) is 15.8. The number of rotatable bonds is 7. The van der Waals surface area contributed by atoms with Gasteiger partial charge in [0.25, 0.3) is 11.1 Å². The Labute approximate surface area is 162 Å². The second-order valence-electron chi connectivity index (χ2n) is 6.10. The lowest BCUT2D eigenvalue weighted by molar-refractivity contribution is -0.122. The summed E-state index contributed by atoms with van der Waals surface area (Å²) in [6, 6.07) is 13.6. The highest BCUT2D eigenvalue weighted by molar-refractivity contribution is 8.18. The Hall–Kier alpha value is -2.60. The summed E-state index contributed by atoms with van der Waals surface area (Å²) in [5, 5.41) is -0.246. The number of benzene rings is 2. The van der Waals surface area contributed by atoms with E-state index in [-0.39, 0.29) is 23.6 Å². The molecule has 0 radical (unpaired) electrons. The zero-order chi connectivity index (χ0) is 19.2. The minimum absolute atomic E-state index is 0.0789. The molecule has 0 unspecified atom stereocenters. The van der Waals surface area contributed by atoms with E-state index in [1.165, 1.54) is 11.0 Å². The Morgan fingerprint density at radius 1 is 1.11 bits per heavy atom. The van der Waals surface area contributed by atoms with Crippen molar-refractivity contribution in [2.75, 3.05) is 6.54 Å². The smallest absolute Gasteiger partial charge is 0.293 e. The summed E-state index contributed by atoms with van der Waals surface area (Å²) >= 11 is 0.936. The van der Waals surface area contributed by atoms with Crippen LogP contribution in [0.1, 0.15) is 30.9 Å². The van der Waals surface area contributed by atoms with E-state index >= 15 is 0 Å². The van der Waals surface area contributed by atoms with Gasteiger partial charge in [-0.3, -0.25) is 14.5 Å². The Kier molecular flexibility index (Phi) is 6.29. The fourth-order valence-electron chi connectivity index (χ4n) is 2.65. The van der Waals surface area contributed by atoms with Crippen molar-refractivity contribution in [1.82, 2.24) is 4.90 Å². The molecule has 0 bridgehead atoms. The summed E-state index contributed by atoms with van der Waals surface area (Å²) in [4.78, 5) is 26.2. The van der Waals surface area contributed by atoms with Crippen LogP contribution in [0.4, 0.5) is 9.18 Å². The lowest BCUT2D eigenvalue weighted by Crippen LogP contribution is -2.29. The molecule has 1 aliphatic heterocycles. The van der Waals surface area contributed by atoms with Crippen molar-refractivity contribution in [3.8, 4) is 5.75 Å². The van der Waals surface area contributed by atoms with Crippen molar-refractivity contribution in [2.24, 2.45) is 0 Å². The van der Waals surface area contributed by atoms with E-state index in [9.17, 15) is 14.0 Å². The molecule has 27 heavy (non-hydrogen) atoms. The van der Waals surface area contributed by atoms with Crippen LogP contribution in [0.15, 0.2) is 53.4 Å². The predicted octanol–water partition coefficient (Wildman–Crippen LogP) is 5.24. The first-order chi connectivity index (χ1) is 13.1. The molecule has 1 aliphatic rings. The second-order valence-corrected chi connectivity index (χ2v) is 7.10. The topological polar surface area (TPSA) is 46.6 Å². The monoisotopic (exact) mass is 385 g/mol. The third kappa shape index (κ3) is 4.57. The van der Waals surface area contributed by atoms with E-state index in [1.54, 1.807) is 42.5 Å². The van der Waals surface area contributed by atoms with Gasteiger partial charge in [-0.25, -0.2) is 4.39 Å². The van der Waals surface area contributed by atoms with Gasteiger partial charge in [0.05, 0.1) is 4.91 Å². The van der Waals surface area contributed by atoms with Crippen LogP contribution in [0.25, 0.3) is 6.08 Å². The number of carbonyl (C=O) groups is 2. The molecule has 0 N–H and O–H groups in total. The molecule has 4 nitrogen and oxygen atoms in total. The first-order valence-electron chi connectivity index (χ1n) is 8.80. The summed E-state index contributed by atoms with van der Waals surface area (Å²) in [5.41, 5.74) is 1.13. The van der Waals surface area contributed by atoms with Crippen LogP contribution < -0.4 is 4.74 Å². The first kappa shape index (κ1) is 19.2. The second kappa shape index (κ2) is 8.86. The maximum absolute atomic E-state index is 13.8. The predicted molar refractivity (Wildman–Crippen MR) is 105 cm³/mol.